The average molecular weight is 335 g/mol. The maximum absolute atomic E-state index is 13.1. The summed E-state index contributed by atoms with van der Waals surface area (Å²) in [7, 11) is 0. The second-order valence-electron chi connectivity index (χ2n) is 4.10. The molecule has 1 aromatic heterocycles. The van der Waals surface area contributed by atoms with Crippen LogP contribution in [0.3, 0.4) is 0 Å². The number of carbonyl (C=O) groups is 1. The highest BCUT2D eigenvalue weighted by Crippen LogP contribution is 2.29. The van der Waals surface area contributed by atoms with Gasteiger partial charge in [0.15, 0.2) is 5.78 Å². The molecular formula is C15H8BrFOS. The number of carbonyl (C=O) groups excluding carboxylic acids is 1. The third-order valence-electron chi connectivity index (χ3n) is 2.90. The van der Waals surface area contributed by atoms with Crippen LogP contribution < -0.4 is 0 Å². The summed E-state index contributed by atoms with van der Waals surface area (Å²) in [5.74, 6) is -0.456. The van der Waals surface area contributed by atoms with E-state index in [2.05, 4.69) is 15.9 Å². The van der Waals surface area contributed by atoms with Gasteiger partial charge < -0.3 is 0 Å². The Balaban J connectivity index is 2.13. The number of thiophene rings is 1. The van der Waals surface area contributed by atoms with E-state index in [-0.39, 0.29) is 11.6 Å². The zero-order valence-electron chi connectivity index (χ0n) is 9.69. The zero-order valence-corrected chi connectivity index (χ0v) is 12.1. The van der Waals surface area contributed by atoms with Crippen LogP contribution in [-0.4, -0.2) is 5.78 Å². The van der Waals surface area contributed by atoms with Gasteiger partial charge in [0.1, 0.15) is 5.82 Å². The Morgan fingerprint density at radius 3 is 2.68 bits per heavy atom. The molecule has 4 heteroatoms. The molecule has 94 valence electrons. The van der Waals surface area contributed by atoms with Crippen LogP contribution in [0.4, 0.5) is 4.39 Å². The van der Waals surface area contributed by atoms with E-state index in [4.69, 9.17) is 0 Å². The summed E-state index contributed by atoms with van der Waals surface area (Å²) in [4.78, 5) is 12.5. The van der Waals surface area contributed by atoms with Crippen molar-refractivity contribution in [1.29, 1.82) is 0 Å². The molecule has 0 N–H and O–H groups in total. The van der Waals surface area contributed by atoms with E-state index >= 15 is 0 Å². The molecule has 0 aliphatic heterocycles. The number of benzene rings is 2. The van der Waals surface area contributed by atoms with Gasteiger partial charge >= 0.3 is 0 Å². The highest BCUT2D eigenvalue weighted by atomic mass is 79.9. The molecule has 19 heavy (non-hydrogen) atoms. The molecule has 1 heterocycles. The van der Waals surface area contributed by atoms with E-state index < -0.39 is 0 Å². The Morgan fingerprint density at radius 2 is 1.89 bits per heavy atom. The lowest BCUT2D eigenvalue weighted by Crippen LogP contribution is -2.01. The summed E-state index contributed by atoms with van der Waals surface area (Å²) in [6.45, 7) is 0. The molecule has 0 amide bonds. The van der Waals surface area contributed by atoms with Crippen molar-refractivity contribution in [2.75, 3.05) is 0 Å². The third-order valence-corrected chi connectivity index (χ3v) is 4.52. The SMILES string of the molecule is O=C(c1ccc(F)cc1Br)c1csc2ccccc12. The molecule has 0 saturated carbocycles. The molecule has 0 bridgehead atoms. The highest BCUT2D eigenvalue weighted by molar-refractivity contribution is 9.10. The van der Waals surface area contributed by atoms with Crippen LogP contribution in [0.15, 0.2) is 52.3 Å². The molecule has 0 spiro atoms. The van der Waals surface area contributed by atoms with Gasteiger partial charge in [-0.15, -0.1) is 11.3 Å². The van der Waals surface area contributed by atoms with Gasteiger partial charge in [-0.05, 0) is 40.2 Å². The van der Waals surface area contributed by atoms with E-state index in [0.717, 1.165) is 10.1 Å². The molecule has 0 aliphatic rings. The van der Waals surface area contributed by atoms with Gasteiger partial charge in [-0.25, -0.2) is 4.39 Å². The van der Waals surface area contributed by atoms with E-state index in [9.17, 15) is 9.18 Å². The molecular weight excluding hydrogens is 327 g/mol. The molecule has 0 aliphatic carbocycles. The Hall–Kier alpha value is -1.52. The van der Waals surface area contributed by atoms with Gasteiger partial charge in [-0.3, -0.25) is 4.79 Å². The van der Waals surface area contributed by atoms with E-state index in [1.54, 1.807) is 0 Å². The fourth-order valence-electron chi connectivity index (χ4n) is 1.97. The minimum absolute atomic E-state index is 0.0932. The molecule has 0 saturated heterocycles. The van der Waals surface area contributed by atoms with Gasteiger partial charge in [0, 0.05) is 31.1 Å². The first-order valence-electron chi connectivity index (χ1n) is 5.63. The second-order valence-corrected chi connectivity index (χ2v) is 5.86. The first-order chi connectivity index (χ1) is 9.16. The molecule has 3 rings (SSSR count). The van der Waals surface area contributed by atoms with Crippen molar-refractivity contribution in [3.05, 3.63) is 69.3 Å². The molecule has 0 fully saturated rings. The molecule has 0 radical (unpaired) electrons. The number of hydrogen-bond donors (Lipinski definition) is 0. The predicted octanol–water partition coefficient (Wildman–Crippen LogP) is 5.03. The van der Waals surface area contributed by atoms with Crippen LogP contribution >= 0.6 is 27.3 Å². The van der Waals surface area contributed by atoms with Crippen molar-refractivity contribution in [1.82, 2.24) is 0 Å². The maximum Gasteiger partial charge on any atom is 0.195 e. The third kappa shape index (κ3) is 2.22. The van der Waals surface area contributed by atoms with Gasteiger partial charge in [0.25, 0.3) is 0 Å². The summed E-state index contributed by atoms with van der Waals surface area (Å²) in [6.07, 6.45) is 0. The van der Waals surface area contributed by atoms with Crippen LogP contribution in [0.2, 0.25) is 0 Å². The van der Waals surface area contributed by atoms with Gasteiger partial charge in [0.2, 0.25) is 0 Å². The first kappa shape index (κ1) is 12.5. The summed E-state index contributed by atoms with van der Waals surface area (Å²) in [6, 6.07) is 11.9. The van der Waals surface area contributed by atoms with Crippen molar-refractivity contribution in [2.45, 2.75) is 0 Å². The van der Waals surface area contributed by atoms with Crippen molar-refractivity contribution in [2.24, 2.45) is 0 Å². The monoisotopic (exact) mass is 334 g/mol. The molecule has 0 atom stereocenters. The van der Waals surface area contributed by atoms with E-state index in [1.165, 1.54) is 29.5 Å². The van der Waals surface area contributed by atoms with Crippen LogP contribution in [0.1, 0.15) is 15.9 Å². The lowest BCUT2D eigenvalue weighted by molar-refractivity contribution is 0.104. The van der Waals surface area contributed by atoms with E-state index in [0.29, 0.717) is 15.6 Å². The number of halogens is 2. The summed E-state index contributed by atoms with van der Waals surface area (Å²) >= 11 is 4.78. The molecule has 3 aromatic rings. The summed E-state index contributed by atoms with van der Waals surface area (Å²) in [5, 5.41) is 2.79. The molecule has 1 nitrogen and oxygen atoms in total. The lowest BCUT2D eigenvalue weighted by Gasteiger charge is -2.03. The zero-order chi connectivity index (χ0) is 13.4. The van der Waals surface area contributed by atoms with Crippen LogP contribution in [0.5, 0.6) is 0 Å². The van der Waals surface area contributed by atoms with Gasteiger partial charge in [0.05, 0.1) is 0 Å². The quantitative estimate of drug-likeness (QED) is 0.600. The second kappa shape index (κ2) is 4.87. The smallest absolute Gasteiger partial charge is 0.195 e. The Bertz CT molecular complexity index is 779. The first-order valence-corrected chi connectivity index (χ1v) is 7.30. The topological polar surface area (TPSA) is 17.1 Å². The average Bonchev–Trinajstić information content (AvgIpc) is 2.82. The number of ketones is 1. The fourth-order valence-corrected chi connectivity index (χ4v) is 3.44. The largest absolute Gasteiger partial charge is 0.289 e. The van der Waals surface area contributed by atoms with Crippen molar-refractivity contribution in [3.63, 3.8) is 0 Å². The minimum atomic E-state index is -0.362. The van der Waals surface area contributed by atoms with E-state index in [1.807, 2.05) is 29.6 Å². The van der Waals surface area contributed by atoms with Crippen LogP contribution in [0, 0.1) is 5.82 Å². The number of rotatable bonds is 2. The predicted molar refractivity (Wildman–Crippen MR) is 79.4 cm³/mol. The Labute approximate surface area is 121 Å². The molecule has 0 unspecified atom stereocenters. The van der Waals surface area contributed by atoms with Crippen molar-refractivity contribution in [3.8, 4) is 0 Å². The number of fused-ring (bicyclic) bond motifs is 1. The van der Waals surface area contributed by atoms with Crippen molar-refractivity contribution < 1.29 is 9.18 Å². The Morgan fingerprint density at radius 1 is 1.11 bits per heavy atom. The fraction of sp³-hybridized carbons (Fsp3) is 0. The summed E-state index contributed by atoms with van der Waals surface area (Å²) in [5.41, 5.74) is 1.14. The van der Waals surface area contributed by atoms with Gasteiger partial charge in [-0.2, -0.15) is 0 Å². The van der Waals surface area contributed by atoms with Crippen LogP contribution in [-0.2, 0) is 0 Å². The number of hydrogen-bond acceptors (Lipinski definition) is 2. The minimum Gasteiger partial charge on any atom is -0.289 e. The molecule has 2 aromatic carbocycles. The highest BCUT2D eigenvalue weighted by Gasteiger charge is 2.16. The normalized spacial score (nSPS) is 10.8. The lowest BCUT2D eigenvalue weighted by atomic mass is 10.0. The standard InChI is InChI=1S/C15H8BrFOS/c16-13-7-9(17)5-6-11(13)15(18)12-8-19-14-4-2-1-3-10(12)14/h1-8H. The van der Waals surface area contributed by atoms with Gasteiger partial charge in [-0.1, -0.05) is 18.2 Å². The van der Waals surface area contributed by atoms with Crippen LogP contribution in [0.25, 0.3) is 10.1 Å². The maximum atomic E-state index is 13.1. The summed E-state index contributed by atoms with van der Waals surface area (Å²) < 4.78 is 14.6. The van der Waals surface area contributed by atoms with Crippen molar-refractivity contribution >= 4 is 43.1 Å². The Kier molecular flexibility index (Phi) is 3.21.